The first kappa shape index (κ1) is 22.9. The molecule has 33 heavy (non-hydrogen) atoms. The predicted octanol–water partition coefficient (Wildman–Crippen LogP) is 5.67. The van der Waals surface area contributed by atoms with Crippen molar-refractivity contribution in [1.29, 1.82) is 0 Å². The van der Waals surface area contributed by atoms with Gasteiger partial charge in [-0.3, -0.25) is 9.69 Å². The highest BCUT2D eigenvalue weighted by atomic mass is 35.5. The summed E-state index contributed by atoms with van der Waals surface area (Å²) >= 11 is 7.34. The molecule has 0 saturated carbocycles. The summed E-state index contributed by atoms with van der Waals surface area (Å²) in [4.78, 5) is 14.5. The number of benzene rings is 2. The molecule has 3 aromatic rings. The van der Waals surface area contributed by atoms with E-state index in [0.717, 1.165) is 16.9 Å². The normalized spacial score (nSPS) is 17.3. The van der Waals surface area contributed by atoms with Crippen LogP contribution in [0, 0.1) is 0 Å². The molecule has 0 unspecified atom stereocenters. The van der Waals surface area contributed by atoms with Gasteiger partial charge in [-0.2, -0.15) is 5.10 Å². The maximum Gasteiger partial charge on any atom is 0.242 e. The fourth-order valence-corrected chi connectivity index (χ4v) is 4.59. The number of hydrogen-bond acceptors (Lipinski definition) is 6. The third kappa shape index (κ3) is 5.56. The van der Waals surface area contributed by atoms with Gasteiger partial charge in [0, 0.05) is 17.1 Å². The fourth-order valence-electron chi connectivity index (χ4n) is 3.32. The van der Waals surface area contributed by atoms with Gasteiger partial charge in [-0.05, 0) is 60.5 Å². The van der Waals surface area contributed by atoms with Gasteiger partial charge >= 0.3 is 0 Å². The lowest BCUT2D eigenvalue weighted by molar-refractivity contribution is -0.125. The number of amides is 1. The molecule has 6 nitrogen and oxygen atoms in total. The van der Waals surface area contributed by atoms with E-state index in [1.165, 1.54) is 18.0 Å². The zero-order valence-corrected chi connectivity index (χ0v) is 19.6. The number of thioether (sulfide) groups is 1. The highest BCUT2D eigenvalue weighted by Crippen LogP contribution is 2.30. The lowest BCUT2D eigenvalue weighted by Gasteiger charge is -2.12. The summed E-state index contributed by atoms with van der Waals surface area (Å²) in [5, 5.41) is 9.39. The van der Waals surface area contributed by atoms with E-state index in [1.807, 2.05) is 60.7 Å². The molecule has 0 radical (unpaired) electrons. The molecule has 1 aliphatic rings. The zero-order valence-electron chi connectivity index (χ0n) is 18.0. The molecule has 8 heteroatoms. The van der Waals surface area contributed by atoms with Crippen LogP contribution in [0.25, 0.3) is 11.3 Å². The van der Waals surface area contributed by atoms with Gasteiger partial charge in [0.2, 0.25) is 5.91 Å². The molecule has 0 N–H and O–H groups in total. The fraction of sp³-hybridized carbons (Fsp3) is 0.160. The van der Waals surface area contributed by atoms with Crippen molar-refractivity contribution < 1.29 is 13.9 Å². The first-order chi connectivity index (χ1) is 16.1. The van der Waals surface area contributed by atoms with Gasteiger partial charge in [0.25, 0.3) is 0 Å². The van der Waals surface area contributed by atoms with E-state index in [0.29, 0.717) is 34.7 Å². The van der Waals surface area contributed by atoms with Crippen LogP contribution < -0.4 is 4.74 Å². The molecule has 0 bridgehead atoms. The summed E-state index contributed by atoms with van der Waals surface area (Å²) in [6.07, 6.45) is 3.80. The van der Waals surface area contributed by atoms with Crippen LogP contribution in [-0.4, -0.2) is 41.1 Å². The van der Waals surface area contributed by atoms with E-state index in [9.17, 15) is 4.79 Å². The summed E-state index contributed by atoms with van der Waals surface area (Å²) in [7, 11) is 1.63. The highest BCUT2D eigenvalue weighted by Gasteiger charge is 2.37. The molecule has 2 heterocycles. The van der Waals surface area contributed by atoms with Crippen LogP contribution >= 0.6 is 23.4 Å². The Kier molecular flexibility index (Phi) is 7.32. The molecule has 2 aromatic carbocycles. The Labute approximate surface area is 201 Å². The molecule has 1 aromatic heterocycles. The number of furan rings is 1. The van der Waals surface area contributed by atoms with E-state index in [4.69, 9.17) is 20.8 Å². The number of methoxy groups -OCH3 is 1. The summed E-state index contributed by atoms with van der Waals surface area (Å²) < 4.78 is 11.0. The van der Waals surface area contributed by atoms with Crippen LogP contribution in [-0.2, 0) is 11.2 Å². The van der Waals surface area contributed by atoms with Gasteiger partial charge in [-0.1, -0.05) is 41.6 Å². The Bertz CT molecular complexity index is 1190. The maximum absolute atomic E-state index is 12.9. The number of carbonyl (C=O) groups excluding carboxylic acids is 1. The Balaban J connectivity index is 1.46. The SMILES string of the molecule is C=CCN1C(=O)[C@@H](Cc2ccc(OC)cc2)S/C1=N\N=C/c1ccc(-c2ccc(Cl)cc2)o1. The molecular weight excluding hydrogens is 458 g/mol. The minimum Gasteiger partial charge on any atom is -0.497 e. The van der Waals surface area contributed by atoms with Crippen molar-refractivity contribution in [3.63, 3.8) is 0 Å². The molecular formula is C25H22ClN3O3S. The van der Waals surface area contributed by atoms with Crippen LogP contribution in [0.3, 0.4) is 0 Å². The predicted molar refractivity (Wildman–Crippen MR) is 134 cm³/mol. The second kappa shape index (κ2) is 10.6. The highest BCUT2D eigenvalue weighted by molar-refractivity contribution is 8.15. The first-order valence-corrected chi connectivity index (χ1v) is 11.5. The molecule has 0 spiro atoms. The Morgan fingerprint density at radius 2 is 1.91 bits per heavy atom. The minimum atomic E-state index is -0.271. The number of halogens is 1. The van der Waals surface area contributed by atoms with Crippen molar-refractivity contribution in [2.75, 3.05) is 13.7 Å². The topological polar surface area (TPSA) is 67.4 Å². The molecule has 1 fully saturated rings. The third-order valence-corrected chi connectivity index (χ3v) is 6.41. The van der Waals surface area contributed by atoms with Gasteiger partial charge in [0.15, 0.2) is 5.17 Å². The summed E-state index contributed by atoms with van der Waals surface area (Å²) in [5.41, 5.74) is 1.97. The second-order valence-electron chi connectivity index (χ2n) is 7.23. The van der Waals surface area contributed by atoms with Gasteiger partial charge in [0.05, 0.1) is 18.6 Å². The van der Waals surface area contributed by atoms with Crippen molar-refractivity contribution >= 4 is 40.7 Å². The Morgan fingerprint density at radius 3 is 2.61 bits per heavy atom. The maximum atomic E-state index is 12.9. The largest absolute Gasteiger partial charge is 0.497 e. The lowest BCUT2D eigenvalue weighted by atomic mass is 10.1. The summed E-state index contributed by atoms with van der Waals surface area (Å²) in [5.74, 6) is 2.04. The van der Waals surface area contributed by atoms with Gasteiger partial charge < -0.3 is 9.15 Å². The Morgan fingerprint density at radius 1 is 1.15 bits per heavy atom. The number of rotatable bonds is 8. The number of amidine groups is 1. The molecule has 1 atom stereocenters. The van der Waals surface area contributed by atoms with E-state index < -0.39 is 0 Å². The molecule has 168 valence electrons. The number of ether oxygens (including phenoxy) is 1. The third-order valence-electron chi connectivity index (χ3n) is 5.00. The van der Waals surface area contributed by atoms with E-state index >= 15 is 0 Å². The zero-order chi connectivity index (χ0) is 23.2. The van der Waals surface area contributed by atoms with Crippen molar-refractivity contribution in [2.45, 2.75) is 11.7 Å². The molecule has 4 rings (SSSR count). The monoisotopic (exact) mass is 479 g/mol. The summed E-state index contributed by atoms with van der Waals surface area (Å²) in [6.45, 7) is 4.13. The van der Waals surface area contributed by atoms with Crippen LogP contribution in [0.4, 0.5) is 0 Å². The Hall–Kier alpha value is -3.29. The van der Waals surface area contributed by atoms with E-state index in [2.05, 4.69) is 16.8 Å². The van der Waals surface area contributed by atoms with Crippen LogP contribution in [0.5, 0.6) is 5.75 Å². The van der Waals surface area contributed by atoms with E-state index in [1.54, 1.807) is 18.1 Å². The van der Waals surface area contributed by atoms with Crippen LogP contribution in [0.15, 0.2) is 87.9 Å². The molecule has 0 aliphatic carbocycles. The van der Waals surface area contributed by atoms with E-state index in [-0.39, 0.29) is 11.2 Å². The van der Waals surface area contributed by atoms with Gasteiger partial charge in [-0.25, -0.2) is 0 Å². The number of hydrogen-bond donors (Lipinski definition) is 0. The van der Waals surface area contributed by atoms with Crippen LogP contribution in [0.2, 0.25) is 5.02 Å². The molecule has 1 saturated heterocycles. The quantitative estimate of drug-likeness (QED) is 0.237. The van der Waals surface area contributed by atoms with Gasteiger partial charge in [0.1, 0.15) is 17.3 Å². The van der Waals surface area contributed by atoms with Crippen molar-refractivity contribution in [3.05, 3.63) is 89.7 Å². The second-order valence-corrected chi connectivity index (χ2v) is 8.84. The molecule has 1 aliphatic heterocycles. The smallest absolute Gasteiger partial charge is 0.242 e. The van der Waals surface area contributed by atoms with Crippen LogP contribution in [0.1, 0.15) is 11.3 Å². The average Bonchev–Trinajstić information content (AvgIpc) is 3.41. The van der Waals surface area contributed by atoms with Crippen molar-refractivity contribution in [3.8, 4) is 17.1 Å². The standard InChI is InChI=1S/C25H22ClN3O3S/c1-3-14-29-24(30)23(15-17-4-10-20(31-2)11-5-17)33-25(29)28-27-16-21-12-13-22(32-21)18-6-8-19(26)9-7-18/h3-13,16,23H,1,14-15H2,2H3/b27-16-,28-25-/t23-/m1/s1. The summed E-state index contributed by atoms with van der Waals surface area (Å²) in [6, 6.07) is 18.8. The number of nitrogens with zero attached hydrogens (tertiary/aromatic N) is 3. The average molecular weight is 480 g/mol. The van der Waals surface area contributed by atoms with Crippen molar-refractivity contribution in [1.82, 2.24) is 4.90 Å². The van der Waals surface area contributed by atoms with Gasteiger partial charge in [-0.15, -0.1) is 11.7 Å². The number of carbonyl (C=O) groups is 1. The lowest BCUT2D eigenvalue weighted by Crippen LogP contribution is -2.32. The van der Waals surface area contributed by atoms with Crippen molar-refractivity contribution in [2.24, 2.45) is 10.2 Å². The minimum absolute atomic E-state index is 0.00677. The molecule has 1 amide bonds. The first-order valence-electron chi connectivity index (χ1n) is 10.3.